The number of fused-ring (bicyclic) bond motifs is 1. The molecule has 178 valence electrons. The lowest BCUT2D eigenvalue weighted by atomic mass is 9.98. The molecule has 2 aromatic carbocycles. The molecule has 0 saturated carbocycles. The minimum absolute atomic E-state index is 0.00792. The van der Waals surface area contributed by atoms with Gasteiger partial charge in [-0.1, -0.05) is 38.1 Å². The fourth-order valence-corrected chi connectivity index (χ4v) is 4.39. The van der Waals surface area contributed by atoms with Crippen LogP contribution in [-0.4, -0.2) is 38.0 Å². The topological polar surface area (TPSA) is 77.2 Å². The fourth-order valence-electron chi connectivity index (χ4n) is 4.39. The number of carbonyl (C=O) groups is 1. The SMILES string of the molecule is CC(C)c1nn(-c2ccc3ccccc3n2)c(-c2ccc(F)cc2)c1/C=C/C1CC(O)CC(=O)O1. The van der Waals surface area contributed by atoms with Crippen molar-refractivity contribution in [3.63, 3.8) is 0 Å². The maximum Gasteiger partial charge on any atom is 0.309 e. The fraction of sp³-hybridized carbons (Fsp3) is 0.250. The Hall–Kier alpha value is -3.84. The maximum atomic E-state index is 13.8. The molecule has 0 bridgehead atoms. The molecule has 2 aromatic heterocycles. The van der Waals surface area contributed by atoms with Crippen molar-refractivity contribution in [2.75, 3.05) is 0 Å². The molecule has 0 amide bonds. The molecule has 1 N–H and O–H groups in total. The molecule has 1 aliphatic heterocycles. The number of aliphatic hydroxyl groups is 1. The molecule has 2 unspecified atom stereocenters. The van der Waals surface area contributed by atoms with Gasteiger partial charge in [-0.2, -0.15) is 5.10 Å². The summed E-state index contributed by atoms with van der Waals surface area (Å²) in [6, 6.07) is 18.1. The number of aromatic nitrogens is 3. The van der Waals surface area contributed by atoms with Gasteiger partial charge in [0.25, 0.3) is 0 Å². The molecule has 7 heteroatoms. The summed E-state index contributed by atoms with van der Waals surface area (Å²) in [6.45, 7) is 4.10. The third-order valence-corrected chi connectivity index (χ3v) is 6.08. The van der Waals surface area contributed by atoms with Crippen LogP contribution in [0.2, 0.25) is 0 Å². The van der Waals surface area contributed by atoms with E-state index < -0.39 is 18.2 Å². The zero-order chi connectivity index (χ0) is 24.5. The number of hydrogen-bond donors (Lipinski definition) is 1. The van der Waals surface area contributed by atoms with E-state index in [1.165, 1.54) is 12.1 Å². The van der Waals surface area contributed by atoms with Crippen LogP contribution < -0.4 is 0 Å². The average Bonchev–Trinajstić information content (AvgIpc) is 3.22. The number of esters is 1. The summed E-state index contributed by atoms with van der Waals surface area (Å²) in [4.78, 5) is 16.6. The third kappa shape index (κ3) is 4.72. The predicted molar refractivity (Wildman–Crippen MR) is 133 cm³/mol. The molecule has 1 fully saturated rings. The Labute approximate surface area is 202 Å². The van der Waals surface area contributed by atoms with Crippen LogP contribution in [0.15, 0.2) is 66.7 Å². The van der Waals surface area contributed by atoms with Gasteiger partial charge in [0, 0.05) is 22.9 Å². The minimum Gasteiger partial charge on any atom is -0.458 e. The van der Waals surface area contributed by atoms with Crippen LogP contribution in [0.1, 0.15) is 43.9 Å². The highest BCUT2D eigenvalue weighted by molar-refractivity contribution is 5.80. The first-order chi connectivity index (χ1) is 16.9. The van der Waals surface area contributed by atoms with E-state index in [0.717, 1.165) is 33.4 Å². The van der Waals surface area contributed by atoms with Crippen molar-refractivity contribution in [3.8, 4) is 17.1 Å². The van der Waals surface area contributed by atoms with Crippen LogP contribution in [0.25, 0.3) is 34.1 Å². The molecule has 1 aliphatic rings. The number of benzene rings is 2. The zero-order valence-corrected chi connectivity index (χ0v) is 19.6. The summed E-state index contributed by atoms with van der Waals surface area (Å²) in [5, 5.41) is 15.9. The lowest BCUT2D eigenvalue weighted by Crippen LogP contribution is -2.31. The van der Waals surface area contributed by atoms with E-state index in [1.54, 1.807) is 22.9 Å². The number of para-hydroxylation sites is 1. The number of pyridine rings is 1. The Morgan fingerprint density at radius 3 is 2.63 bits per heavy atom. The van der Waals surface area contributed by atoms with Crippen LogP contribution in [0.5, 0.6) is 0 Å². The highest BCUT2D eigenvalue weighted by Crippen LogP contribution is 2.34. The van der Waals surface area contributed by atoms with Gasteiger partial charge in [-0.05, 0) is 54.5 Å². The van der Waals surface area contributed by atoms with Gasteiger partial charge >= 0.3 is 5.97 Å². The largest absolute Gasteiger partial charge is 0.458 e. The Morgan fingerprint density at radius 1 is 1.11 bits per heavy atom. The Balaban J connectivity index is 1.68. The minimum atomic E-state index is -0.725. The molecule has 0 aliphatic carbocycles. The molecular formula is C28H26FN3O3. The van der Waals surface area contributed by atoms with Crippen molar-refractivity contribution in [1.29, 1.82) is 0 Å². The van der Waals surface area contributed by atoms with Crippen molar-refractivity contribution in [2.24, 2.45) is 0 Å². The molecule has 35 heavy (non-hydrogen) atoms. The second-order valence-electron chi connectivity index (χ2n) is 9.06. The molecule has 2 atom stereocenters. The smallest absolute Gasteiger partial charge is 0.309 e. The highest BCUT2D eigenvalue weighted by atomic mass is 19.1. The normalized spacial score (nSPS) is 18.5. The molecule has 6 nitrogen and oxygen atoms in total. The molecule has 0 radical (unpaired) electrons. The molecular weight excluding hydrogens is 445 g/mol. The van der Waals surface area contributed by atoms with Crippen molar-refractivity contribution in [1.82, 2.24) is 14.8 Å². The number of halogens is 1. The summed E-state index contributed by atoms with van der Waals surface area (Å²) in [5.74, 6) is -0.0237. The van der Waals surface area contributed by atoms with Crippen LogP contribution in [0.4, 0.5) is 4.39 Å². The second-order valence-corrected chi connectivity index (χ2v) is 9.06. The van der Waals surface area contributed by atoms with E-state index in [1.807, 2.05) is 42.5 Å². The van der Waals surface area contributed by atoms with Gasteiger partial charge in [0.1, 0.15) is 11.9 Å². The molecule has 3 heterocycles. The number of cyclic esters (lactones) is 1. The first-order valence-electron chi connectivity index (χ1n) is 11.7. The molecule has 5 rings (SSSR count). The van der Waals surface area contributed by atoms with Gasteiger partial charge in [-0.3, -0.25) is 4.79 Å². The summed E-state index contributed by atoms with van der Waals surface area (Å²) < 4.78 is 21.0. The van der Waals surface area contributed by atoms with Gasteiger partial charge in [0.15, 0.2) is 5.82 Å². The number of aliphatic hydroxyl groups excluding tert-OH is 1. The zero-order valence-electron chi connectivity index (χ0n) is 19.6. The first-order valence-corrected chi connectivity index (χ1v) is 11.7. The lowest BCUT2D eigenvalue weighted by molar-refractivity contribution is -0.156. The molecule has 4 aromatic rings. The van der Waals surface area contributed by atoms with Crippen molar-refractivity contribution < 1.29 is 19.0 Å². The Morgan fingerprint density at radius 2 is 1.89 bits per heavy atom. The van der Waals surface area contributed by atoms with Crippen LogP contribution >= 0.6 is 0 Å². The highest BCUT2D eigenvalue weighted by Gasteiger charge is 2.26. The van der Waals surface area contributed by atoms with E-state index >= 15 is 0 Å². The van der Waals surface area contributed by atoms with Crippen LogP contribution in [-0.2, 0) is 9.53 Å². The number of carbonyl (C=O) groups excluding carboxylic acids is 1. The first kappa shape index (κ1) is 22.9. The number of rotatable bonds is 5. The van der Waals surface area contributed by atoms with Crippen LogP contribution in [0.3, 0.4) is 0 Å². The van der Waals surface area contributed by atoms with Gasteiger partial charge in [0.2, 0.25) is 0 Å². The van der Waals surface area contributed by atoms with Crippen molar-refractivity contribution in [3.05, 3.63) is 83.8 Å². The summed E-state index contributed by atoms with van der Waals surface area (Å²) >= 11 is 0. The van der Waals surface area contributed by atoms with Gasteiger partial charge in [-0.25, -0.2) is 14.1 Å². The van der Waals surface area contributed by atoms with Crippen molar-refractivity contribution >= 4 is 22.9 Å². The lowest BCUT2D eigenvalue weighted by Gasteiger charge is -2.23. The quantitative estimate of drug-likeness (QED) is 0.393. The second kappa shape index (κ2) is 9.43. The van der Waals surface area contributed by atoms with Crippen LogP contribution in [0, 0.1) is 5.82 Å². The standard InChI is InChI=1S/C28H26FN3O3/c1-17(2)27-23(13-12-22-15-21(33)16-26(34)35-22)28(19-7-10-20(29)11-8-19)32(31-27)25-14-9-18-5-3-4-6-24(18)30-25/h3-14,17,21-22,33H,15-16H2,1-2H3/b13-12+. The summed E-state index contributed by atoms with van der Waals surface area (Å²) in [5.41, 5.74) is 4.05. The van der Waals surface area contributed by atoms with Gasteiger partial charge in [0.05, 0.1) is 29.4 Å². The maximum absolute atomic E-state index is 13.8. The number of nitrogens with zero attached hydrogens (tertiary/aromatic N) is 3. The van der Waals surface area contributed by atoms with Gasteiger partial charge < -0.3 is 9.84 Å². The van der Waals surface area contributed by atoms with E-state index in [9.17, 15) is 14.3 Å². The Bertz CT molecular complexity index is 1410. The number of hydrogen-bond acceptors (Lipinski definition) is 5. The summed E-state index contributed by atoms with van der Waals surface area (Å²) in [6.07, 6.45) is 2.76. The average molecular weight is 472 g/mol. The Kier molecular flexibility index (Phi) is 6.17. The molecule has 1 saturated heterocycles. The molecule has 0 spiro atoms. The monoisotopic (exact) mass is 471 g/mol. The van der Waals surface area contributed by atoms with E-state index in [4.69, 9.17) is 14.8 Å². The van der Waals surface area contributed by atoms with E-state index in [0.29, 0.717) is 12.2 Å². The third-order valence-electron chi connectivity index (χ3n) is 6.08. The number of ether oxygens (including phenoxy) is 1. The van der Waals surface area contributed by atoms with Crippen molar-refractivity contribution in [2.45, 2.75) is 44.8 Å². The predicted octanol–water partition coefficient (Wildman–Crippen LogP) is 5.43. The van der Waals surface area contributed by atoms with E-state index in [-0.39, 0.29) is 18.2 Å². The van der Waals surface area contributed by atoms with Gasteiger partial charge in [-0.15, -0.1) is 0 Å². The summed E-state index contributed by atoms with van der Waals surface area (Å²) in [7, 11) is 0. The van der Waals surface area contributed by atoms with E-state index in [2.05, 4.69) is 13.8 Å².